The number of imide groups is 1. The smallest absolute Gasteiger partial charge is 0.324 e. The van der Waals surface area contributed by atoms with Crippen molar-refractivity contribution in [3.05, 3.63) is 0 Å². The van der Waals surface area contributed by atoms with Crippen LogP contribution in [0.15, 0.2) is 5.16 Å². The molecule has 3 saturated heterocycles. The van der Waals surface area contributed by atoms with E-state index >= 15 is 0 Å². The molecule has 0 radical (unpaired) electrons. The Morgan fingerprint density at radius 2 is 2.07 bits per heavy atom. The third-order valence-electron chi connectivity index (χ3n) is 5.66. The van der Waals surface area contributed by atoms with Crippen molar-refractivity contribution in [2.45, 2.75) is 50.4 Å². The van der Waals surface area contributed by atoms with Crippen LogP contribution < -0.4 is 10.2 Å². The fraction of sp³-hybridized carbons (Fsp3) is 0.778. The summed E-state index contributed by atoms with van der Waals surface area (Å²) in [6.45, 7) is 6.68. The number of piperidine rings is 1. The predicted molar refractivity (Wildman–Crippen MR) is 105 cm³/mol. The second-order valence-electron chi connectivity index (χ2n) is 7.76. The quantitative estimate of drug-likeness (QED) is 0.710. The lowest BCUT2D eigenvalue weighted by atomic mass is 10.00. The monoisotopic (exact) mass is 408 g/mol. The molecular weight excluding hydrogens is 380 g/mol. The number of ether oxygens (including phenoxy) is 1. The zero-order valence-corrected chi connectivity index (χ0v) is 17.1. The standard InChI is InChI=1S/C18H28N6O3S/c1-13-4-7-22(8-5-13)16-20-21-18(24(16)11-14-3-2-10-27-14)28-12-15(25)23-9-6-19-17(23)26/h13-14H,2-12H2,1H3,(H,19,26). The number of carbonyl (C=O) groups excluding carboxylic acids is 2. The molecule has 0 saturated carbocycles. The number of thioether (sulfide) groups is 1. The van der Waals surface area contributed by atoms with E-state index in [1.807, 2.05) is 0 Å². The Bertz CT molecular complexity index is 712. The largest absolute Gasteiger partial charge is 0.376 e. The summed E-state index contributed by atoms with van der Waals surface area (Å²) in [6.07, 6.45) is 4.58. The molecule has 3 amide bonds. The minimum atomic E-state index is -0.311. The number of urea groups is 1. The van der Waals surface area contributed by atoms with Gasteiger partial charge in [-0.3, -0.25) is 14.3 Å². The first-order valence-electron chi connectivity index (χ1n) is 10.1. The van der Waals surface area contributed by atoms with Crippen LogP contribution in [0.25, 0.3) is 0 Å². The summed E-state index contributed by atoms with van der Waals surface area (Å²) >= 11 is 1.35. The van der Waals surface area contributed by atoms with E-state index in [1.54, 1.807) is 0 Å². The molecule has 0 aromatic carbocycles. The molecule has 4 heterocycles. The van der Waals surface area contributed by atoms with Crippen LogP contribution in [0.2, 0.25) is 0 Å². The molecule has 3 aliphatic heterocycles. The van der Waals surface area contributed by atoms with Gasteiger partial charge in [0, 0.05) is 32.8 Å². The van der Waals surface area contributed by atoms with E-state index in [1.165, 1.54) is 16.7 Å². The van der Waals surface area contributed by atoms with Gasteiger partial charge in [0.05, 0.1) is 18.4 Å². The van der Waals surface area contributed by atoms with E-state index in [2.05, 4.69) is 31.9 Å². The highest BCUT2D eigenvalue weighted by Gasteiger charge is 2.29. The Morgan fingerprint density at radius 1 is 1.25 bits per heavy atom. The number of amides is 3. The van der Waals surface area contributed by atoms with Crippen LogP contribution in [-0.4, -0.2) is 76.2 Å². The molecule has 1 unspecified atom stereocenters. The van der Waals surface area contributed by atoms with Gasteiger partial charge in [-0.2, -0.15) is 0 Å². The van der Waals surface area contributed by atoms with Crippen LogP contribution in [0.1, 0.15) is 32.6 Å². The van der Waals surface area contributed by atoms with Crippen molar-refractivity contribution in [3.8, 4) is 0 Å². The van der Waals surface area contributed by atoms with Crippen LogP contribution >= 0.6 is 11.8 Å². The number of carbonyl (C=O) groups is 2. The Labute approximate surface area is 169 Å². The molecule has 10 heteroatoms. The highest BCUT2D eigenvalue weighted by molar-refractivity contribution is 7.99. The number of anilines is 1. The third-order valence-corrected chi connectivity index (χ3v) is 6.61. The van der Waals surface area contributed by atoms with Gasteiger partial charge in [-0.1, -0.05) is 18.7 Å². The summed E-state index contributed by atoms with van der Waals surface area (Å²) in [5.41, 5.74) is 0. The van der Waals surface area contributed by atoms with Gasteiger partial charge in [-0.15, -0.1) is 10.2 Å². The van der Waals surface area contributed by atoms with Crippen molar-refractivity contribution in [3.63, 3.8) is 0 Å². The topological polar surface area (TPSA) is 92.6 Å². The summed E-state index contributed by atoms with van der Waals surface area (Å²) < 4.78 is 7.93. The van der Waals surface area contributed by atoms with E-state index in [-0.39, 0.29) is 23.8 Å². The Kier molecular flexibility index (Phi) is 6.05. The zero-order valence-electron chi connectivity index (χ0n) is 16.3. The summed E-state index contributed by atoms with van der Waals surface area (Å²) in [5.74, 6) is 1.59. The average Bonchev–Trinajstić information content (AvgIpc) is 3.43. The van der Waals surface area contributed by atoms with Gasteiger partial charge in [0.2, 0.25) is 11.9 Å². The molecule has 0 aliphatic carbocycles. The van der Waals surface area contributed by atoms with Gasteiger partial charge in [0.1, 0.15) is 0 Å². The maximum absolute atomic E-state index is 12.4. The van der Waals surface area contributed by atoms with E-state index < -0.39 is 0 Å². The maximum atomic E-state index is 12.4. The number of rotatable bonds is 6. The maximum Gasteiger partial charge on any atom is 0.324 e. The average molecular weight is 409 g/mol. The highest BCUT2D eigenvalue weighted by Crippen LogP contribution is 2.28. The first-order chi connectivity index (χ1) is 13.6. The van der Waals surface area contributed by atoms with Crippen molar-refractivity contribution in [1.82, 2.24) is 25.0 Å². The summed E-state index contributed by atoms with van der Waals surface area (Å²) in [7, 11) is 0. The minimum Gasteiger partial charge on any atom is -0.376 e. The molecule has 28 heavy (non-hydrogen) atoms. The molecule has 9 nitrogen and oxygen atoms in total. The number of hydrogen-bond acceptors (Lipinski definition) is 7. The number of nitrogens with zero attached hydrogens (tertiary/aromatic N) is 5. The van der Waals surface area contributed by atoms with Gasteiger partial charge < -0.3 is 15.0 Å². The predicted octanol–water partition coefficient (Wildman–Crippen LogP) is 1.34. The molecule has 1 aromatic heterocycles. The first-order valence-corrected chi connectivity index (χ1v) is 11.1. The van der Waals surface area contributed by atoms with Crippen molar-refractivity contribution in [2.24, 2.45) is 5.92 Å². The van der Waals surface area contributed by atoms with Crippen molar-refractivity contribution in [1.29, 1.82) is 0 Å². The lowest BCUT2D eigenvalue weighted by Gasteiger charge is -2.31. The van der Waals surface area contributed by atoms with Crippen molar-refractivity contribution < 1.29 is 14.3 Å². The number of aromatic nitrogens is 3. The van der Waals surface area contributed by atoms with Crippen LogP contribution in [0.4, 0.5) is 10.7 Å². The molecule has 0 bridgehead atoms. The number of nitrogens with one attached hydrogen (secondary N) is 1. The van der Waals surface area contributed by atoms with E-state index in [4.69, 9.17) is 4.74 Å². The van der Waals surface area contributed by atoms with Crippen molar-refractivity contribution >= 4 is 29.6 Å². The molecule has 1 aromatic rings. The van der Waals surface area contributed by atoms with Gasteiger partial charge in [-0.25, -0.2) is 4.79 Å². The molecule has 0 spiro atoms. The fourth-order valence-corrected chi connectivity index (χ4v) is 4.71. The van der Waals surface area contributed by atoms with E-state index in [0.717, 1.165) is 62.4 Å². The molecule has 3 aliphatic rings. The van der Waals surface area contributed by atoms with Crippen LogP contribution in [0, 0.1) is 5.92 Å². The van der Waals surface area contributed by atoms with Gasteiger partial charge in [0.15, 0.2) is 5.16 Å². The highest BCUT2D eigenvalue weighted by atomic mass is 32.2. The molecule has 154 valence electrons. The summed E-state index contributed by atoms with van der Waals surface area (Å²) in [6, 6.07) is -0.311. The Balaban J connectivity index is 1.47. The zero-order chi connectivity index (χ0) is 19.5. The second-order valence-corrected chi connectivity index (χ2v) is 8.71. The van der Waals surface area contributed by atoms with E-state index in [0.29, 0.717) is 19.6 Å². The van der Waals surface area contributed by atoms with E-state index in [9.17, 15) is 9.59 Å². The van der Waals surface area contributed by atoms with Crippen LogP contribution in [-0.2, 0) is 16.1 Å². The molecule has 3 fully saturated rings. The number of hydrogen-bond donors (Lipinski definition) is 1. The minimum absolute atomic E-state index is 0.165. The summed E-state index contributed by atoms with van der Waals surface area (Å²) in [4.78, 5) is 27.6. The molecule has 1 atom stereocenters. The van der Waals surface area contributed by atoms with Crippen LogP contribution in [0.3, 0.4) is 0 Å². The normalized spacial score (nSPS) is 23.5. The SMILES string of the molecule is CC1CCN(c2nnc(SCC(=O)N3CCNC3=O)n2CC2CCCO2)CC1. The Morgan fingerprint density at radius 3 is 2.75 bits per heavy atom. The van der Waals surface area contributed by atoms with Crippen LogP contribution in [0.5, 0.6) is 0 Å². The summed E-state index contributed by atoms with van der Waals surface area (Å²) in [5, 5.41) is 12.2. The fourth-order valence-electron chi connectivity index (χ4n) is 3.90. The lowest BCUT2D eigenvalue weighted by molar-refractivity contribution is -0.124. The van der Waals surface area contributed by atoms with Gasteiger partial charge >= 0.3 is 6.03 Å². The second kappa shape index (κ2) is 8.69. The third kappa shape index (κ3) is 4.27. The molecule has 1 N–H and O–H groups in total. The molecular formula is C18H28N6O3S. The lowest BCUT2D eigenvalue weighted by Crippen LogP contribution is -2.36. The van der Waals surface area contributed by atoms with Crippen molar-refractivity contribution in [2.75, 3.05) is 43.4 Å². The Hall–Kier alpha value is -1.81. The van der Waals surface area contributed by atoms with Gasteiger partial charge in [-0.05, 0) is 31.6 Å². The molecule has 4 rings (SSSR count). The van der Waals surface area contributed by atoms with Gasteiger partial charge in [0.25, 0.3) is 0 Å². The first kappa shape index (κ1) is 19.5.